The van der Waals surface area contributed by atoms with Crippen LogP contribution in [0.1, 0.15) is 26.3 Å². The van der Waals surface area contributed by atoms with Gasteiger partial charge < -0.3 is 15.4 Å². The number of hydrogen-bond donors (Lipinski definition) is 3. The highest BCUT2D eigenvalue weighted by Crippen LogP contribution is 2.22. The highest BCUT2D eigenvalue weighted by Gasteiger charge is 2.23. The average Bonchev–Trinajstić information content (AvgIpc) is 2.62. The molecule has 2 aromatic rings. The molecule has 2 amide bonds. The van der Waals surface area contributed by atoms with Gasteiger partial charge in [-0.15, -0.1) is 0 Å². The number of aryl methyl sites for hydroxylation is 1. The normalized spacial score (nSPS) is 12.1. The van der Waals surface area contributed by atoms with Crippen LogP contribution in [0.3, 0.4) is 0 Å². The van der Waals surface area contributed by atoms with Crippen LogP contribution in [0.15, 0.2) is 47.4 Å². The topological polar surface area (TPSA) is 114 Å². The highest BCUT2D eigenvalue weighted by molar-refractivity contribution is 7.89. The number of rotatable bonds is 8. The van der Waals surface area contributed by atoms with Gasteiger partial charge in [0.1, 0.15) is 5.75 Å². The predicted octanol–water partition coefficient (Wildman–Crippen LogP) is 2.66. The summed E-state index contributed by atoms with van der Waals surface area (Å²) in [5.74, 6) is -0.159. The van der Waals surface area contributed by atoms with Crippen molar-refractivity contribution in [1.29, 1.82) is 0 Å². The summed E-state index contributed by atoms with van der Waals surface area (Å²) in [6, 6.07) is 10.1. The second-order valence-electron chi connectivity index (χ2n) is 6.45. The van der Waals surface area contributed by atoms with E-state index in [1.54, 1.807) is 37.3 Å². The summed E-state index contributed by atoms with van der Waals surface area (Å²) in [6.45, 7) is 6.91. The van der Waals surface area contributed by atoms with Crippen LogP contribution in [0, 0.1) is 6.92 Å². The summed E-state index contributed by atoms with van der Waals surface area (Å²) in [5.41, 5.74) is 1.64. The van der Waals surface area contributed by atoms with Crippen LogP contribution in [0.25, 0.3) is 0 Å². The number of hydrogen-bond acceptors (Lipinski definition) is 5. The minimum Gasteiger partial charge on any atom is -0.494 e. The first-order chi connectivity index (χ1) is 13.6. The van der Waals surface area contributed by atoms with E-state index in [4.69, 9.17) is 4.74 Å². The summed E-state index contributed by atoms with van der Waals surface area (Å²) in [6.07, 6.45) is 0. The second-order valence-corrected chi connectivity index (χ2v) is 8.17. The fourth-order valence-corrected chi connectivity index (χ4v) is 3.88. The quantitative estimate of drug-likeness (QED) is 0.609. The zero-order valence-electron chi connectivity index (χ0n) is 16.8. The lowest BCUT2D eigenvalue weighted by Gasteiger charge is -2.16. The van der Waals surface area contributed by atoms with Crippen LogP contribution < -0.4 is 20.1 Å². The maximum absolute atomic E-state index is 12.6. The van der Waals surface area contributed by atoms with Gasteiger partial charge in [0, 0.05) is 18.3 Å². The van der Waals surface area contributed by atoms with E-state index >= 15 is 0 Å². The van der Waals surface area contributed by atoms with Gasteiger partial charge in [0.15, 0.2) is 0 Å². The Morgan fingerprint density at radius 1 is 1.07 bits per heavy atom. The van der Waals surface area contributed by atoms with Gasteiger partial charge in [-0.05, 0) is 62.7 Å². The molecule has 0 aliphatic heterocycles. The number of amides is 2. The summed E-state index contributed by atoms with van der Waals surface area (Å²) in [4.78, 5) is 23.6. The van der Waals surface area contributed by atoms with Gasteiger partial charge in [-0.25, -0.2) is 8.42 Å². The lowest BCUT2D eigenvalue weighted by atomic mass is 10.2. The van der Waals surface area contributed by atoms with Gasteiger partial charge in [-0.1, -0.05) is 6.07 Å². The molecule has 0 aliphatic rings. The van der Waals surface area contributed by atoms with E-state index < -0.39 is 22.0 Å². The van der Waals surface area contributed by atoms with Crippen molar-refractivity contribution in [3.63, 3.8) is 0 Å². The third-order valence-electron chi connectivity index (χ3n) is 3.93. The predicted molar refractivity (Wildman–Crippen MR) is 112 cm³/mol. The molecule has 156 valence electrons. The van der Waals surface area contributed by atoms with E-state index in [-0.39, 0.29) is 10.8 Å². The number of nitrogens with one attached hydrogen (secondary N) is 3. The van der Waals surface area contributed by atoms with Gasteiger partial charge in [0.2, 0.25) is 21.8 Å². The van der Waals surface area contributed by atoms with Gasteiger partial charge in [-0.2, -0.15) is 4.72 Å². The van der Waals surface area contributed by atoms with Crippen LogP contribution in [0.4, 0.5) is 11.4 Å². The second kappa shape index (κ2) is 9.53. The highest BCUT2D eigenvalue weighted by atomic mass is 32.2. The molecule has 2 aromatic carbocycles. The zero-order valence-corrected chi connectivity index (χ0v) is 17.6. The van der Waals surface area contributed by atoms with Crippen LogP contribution >= 0.6 is 0 Å². The Kier molecular flexibility index (Phi) is 7.35. The number of benzene rings is 2. The molecular formula is C20H25N3O5S. The van der Waals surface area contributed by atoms with Gasteiger partial charge in [-0.3, -0.25) is 9.59 Å². The van der Waals surface area contributed by atoms with E-state index in [0.717, 1.165) is 0 Å². The smallest absolute Gasteiger partial charge is 0.242 e. The fraction of sp³-hybridized carbons (Fsp3) is 0.300. The minimum atomic E-state index is -3.90. The molecule has 0 unspecified atom stereocenters. The van der Waals surface area contributed by atoms with Gasteiger partial charge in [0.05, 0.1) is 17.5 Å². The summed E-state index contributed by atoms with van der Waals surface area (Å²) >= 11 is 0. The van der Waals surface area contributed by atoms with Crippen molar-refractivity contribution in [3.05, 3.63) is 48.0 Å². The van der Waals surface area contributed by atoms with Crippen LogP contribution in [-0.4, -0.2) is 32.9 Å². The number of sulfonamides is 1. The molecule has 2 rings (SSSR count). The molecule has 0 spiro atoms. The third kappa shape index (κ3) is 6.30. The Morgan fingerprint density at radius 2 is 1.72 bits per heavy atom. The monoisotopic (exact) mass is 419 g/mol. The molecule has 0 aromatic heterocycles. The third-order valence-corrected chi connectivity index (χ3v) is 5.47. The molecule has 0 saturated carbocycles. The van der Waals surface area contributed by atoms with E-state index in [1.807, 2.05) is 6.92 Å². The molecule has 0 heterocycles. The molecular weight excluding hydrogens is 394 g/mol. The van der Waals surface area contributed by atoms with Crippen molar-refractivity contribution >= 4 is 33.2 Å². The molecule has 0 fully saturated rings. The van der Waals surface area contributed by atoms with E-state index in [2.05, 4.69) is 15.4 Å². The maximum Gasteiger partial charge on any atom is 0.242 e. The van der Waals surface area contributed by atoms with Crippen molar-refractivity contribution < 1.29 is 22.7 Å². The van der Waals surface area contributed by atoms with Crippen LogP contribution in [0.5, 0.6) is 5.75 Å². The Morgan fingerprint density at radius 3 is 2.31 bits per heavy atom. The summed E-state index contributed by atoms with van der Waals surface area (Å²) in [5, 5.41) is 5.24. The molecule has 0 bridgehead atoms. The van der Waals surface area contributed by atoms with E-state index in [0.29, 0.717) is 29.3 Å². The SMILES string of the molecule is CCOc1ccc(S(=O)(=O)N[C@H](C)C(=O)Nc2cccc(NC(C)=O)c2)cc1C. The Hall–Kier alpha value is -2.91. The first-order valence-corrected chi connectivity index (χ1v) is 10.5. The van der Waals surface area contributed by atoms with E-state index in [1.165, 1.54) is 26.0 Å². The molecule has 29 heavy (non-hydrogen) atoms. The number of carbonyl (C=O) groups is 2. The maximum atomic E-state index is 12.6. The lowest BCUT2D eigenvalue weighted by Crippen LogP contribution is -2.41. The Balaban J connectivity index is 2.08. The van der Waals surface area contributed by atoms with Crippen molar-refractivity contribution in [2.24, 2.45) is 0 Å². The van der Waals surface area contributed by atoms with Crippen molar-refractivity contribution in [3.8, 4) is 5.75 Å². The molecule has 9 heteroatoms. The molecule has 0 radical (unpaired) electrons. The van der Waals surface area contributed by atoms with Gasteiger partial charge in [0.25, 0.3) is 0 Å². The lowest BCUT2D eigenvalue weighted by molar-refractivity contribution is -0.117. The van der Waals surface area contributed by atoms with E-state index in [9.17, 15) is 18.0 Å². The van der Waals surface area contributed by atoms with Crippen molar-refractivity contribution in [2.45, 2.75) is 38.6 Å². The van der Waals surface area contributed by atoms with Crippen LogP contribution in [-0.2, 0) is 19.6 Å². The summed E-state index contributed by atoms with van der Waals surface area (Å²) < 4.78 is 33.0. The molecule has 8 nitrogen and oxygen atoms in total. The number of ether oxygens (including phenoxy) is 1. The number of carbonyl (C=O) groups excluding carboxylic acids is 2. The fourth-order valence-electron chi connectivity index (χ4n) is 2.59. The molecule has 3 N–H and O–H groups in total. The molecule has 0 aliphatic carbocycles. The van der Waals surface area contributed by atoms with Crippen LogP contribution in [0.2, 0.25) is 0 Å². The number of anilines is 2. The first kappa shape index (κ1) is 22.4. The minimum absolute atomic E-state index is 0.0470. The standard InChI is InChI=1S/C20H25N3O5S/c1-5-28-19-10-9-18(11-13(19)2)29(26,27)23-14(3)20(25)22-17-8-6-7-16(12-17)21-15(4)24/h6-12,14,23H,5H2,1-4H3,(H,21,24)(H,22,25)/t14-/m1/s1. The van der Waals surface area contributed by atoms with Gasteiger partial charge >= 0.3 is 0 Å². The first-order valence-electron chi connectivity index (χ1n) is 9.06. The summed E-state index contributed by atoms with van der Waals surface area (Å²) in [7, 11) is -3.90. The average molecular weight is 420 g/mol. The van der Waals surface area contributed by atoms with Crippen molar-refractivity contribution in [1.82, 2.24) is 4.72 Å². The zero-order chi connectivity index (χ0) is 21.6. The Labute approximate surface area is 170 Å². The molecule has 0 saturated heterocycles. The largest absolute Gasteiger partial charge is 0.494 e. The molecule has 1 atom stereocenters. The van der Waals surface area contributed by atoms with Crippen molar-refractivity contribution in [2.75, 3.05) is 17.2 Å². The Bertz CT molecular complexity index is 1000.